The van der Waals surface area contributed by atoms with Crippen molar-refractivity contribution in [2.75, 3.05) is 6.54 Å². The third-order valence-corrected chi connectivity index (χ3v) is 3.87. The number of rotatable bonds is 7. The Bertz CT molecular complexity index is 476. The molecule has 1 aromatic heterocycles. The van der Waals surface area contributed by atoms with Crippen LogP contribution in [0.2, 0.25) is 0 Å². The predicted octanol–water partition coefficient (Wildman–Crippen LogP) is 3.89. The number of benzene rings is 1. The molecule has 2 unspecified atom stereocenters. The van der Waals surface area contributed by atoms with Gasteiger partial charge in [-0.15, -0.1) is 0 Å². The molecule has 108 valence electrons. The average Bonchev–Trinajstić information content (AvgIpc) is 2.98. The van der Waals surface area contributed by atoms with E-state index in [9.17, 15) is 0 Å². The zero-order chi connectivity index (χ0) is 14.4. The fraction of sp³-hybridized carbons (Fsp3) is 0.471. The third-order valence-electron chi connectivity index (χ3n) is 3.87. The van der Waals surface area contributed by atoms with Crippen molar-refractivity contribution in [1.29, 1.82) is 0 Å². The lowest BCUT2D eigenvalue weighted by Crippen LogP contribution is -2.29. The Hall–Kier alpha value is -1.61. The van der Waals surface area contributed by atoms with Gasteiger partial charge in [-0.05, 0) is 23.8 Å². The molecule has 2 N–H and O–H groups in total. The second-order valence-corrected chi connectivity index (χ2v) is 5.60. The summed E-state index contributed by atoms with van der Waals surface area (Å²) in [5, 5.41) is 3.66. The average molecular weight is 271 g/mol. The van der Waals surface area contributed by atoms with Crippen molar-refractivity contribution in [3.63, 3.8) is 0 Å². The van der Waals surface area contributed by atoms with Crippen molar-refractivity contribution in [2.24, 2.45) is 5.92 Å². The molecular weight excluding hydrogens is 246 g/mol. The third kappa shape index (κ3) is 3.70. The molecule has 2 rings (SSSR count). The Labute approximate surface area is 121 Å². The van der Waals surface area contributed by atoms with Gasteiger partial charge >= 0.3 is 0 Å². The molecule has 0 bridgehead atoms. The van der Waals surface area contributed by atoms with Crippen LogP contribution < -0.4 is 5.32 Å². The summed E-state index contributed by atoms with van der Waals surface area (Å²) in [5.41, 5.74) is 1.41. The van der Waals surface area contributed by atoms with Crippen molar-refractivity contribution >= 4 is 0 Å². The van der Waals surface area contributed by atoms with Crippen LogP contribution in [0.5, 0.6) is 0 Å². The lowest BCUT2D eigenvalue weighted by Gasteiger charge is -2.24. The highest BCUT2D eigenvalue weighted by atomic mass is 15.0. The molecule has 0 spiro atoms. The zero-order valence-electron chi connectivity index (χ0n) is 12.6. The Balaban J connectivity index is 2.02. The van der Waals surface area contributed by atoms with E-state index in [1.807, 2.05) is 12.4 Å². The van der Waals surface area contributed by atoms with Crippen LogP contribution in [0.4, 0.5) is 0 Å². The minimum atomic E-state index is 0.301. The number of imidazole rings is 1. The first-order chi connectivity index (χ1) is 9.72. The molecule has 0 aliphatic heterocycles. The van der Waals surface area contributed by atoms with E-state index < -0.39 is 0 Å². The maximum absolute atomic E-state index is 4.36. The van der Waals surface area contributed by atoms with Gasteiger partial charge in [-0.25, -0.2) is 4.98 Å². The zero-order valence-corrected chi connectivity index (χ0v) is 12.6. The molecular formula is C17H25N3. The van der Waals surface area contributed by atoms with E-state index in [0.717, 1.165) is 18.8 Å². The second kappa shape index (κ2) is 7.25. The number of nitrogens with zero attached hydrogens (tertiary/aromatic N) is 1. The first-order valence-electron chi connectivity index (χ1n) is 7.50. The highest BCUT2D eigenvalue weighted by molar-refractivity contribution is 5.20. The standard InChI is InChI=1S/C17H25N3/c1-4-16(17-18-10-11-19-17)20-12-15(13(2)3)14-8-6-5-7-9-14/h5-11,13,15-16,20H,4,12H2,1-3H3,(H,18,19). The van der Waals surface area contributed by atoms with Crippen molar-refractivity contribution < 1.29 is 0 Å². The fourth-order valence-electron chi connectivity index (χ4n) is 2.61. The van der Waals surface area contributed by atoms with Crippen LogP contribution in [-0.2, 0) is 0 Å². The van der Waals surface area contributed by atoms with Gasteiger partial charge in [-0.2, -0.15) is 0 Å². The van der Waals surface area contributed by atoms with E-state index in [1.165, 1.54) is 5.56 Å². The van der Waals surface area contributed by atoms with Crippen LogP contribution in [0.15, 0.2) is 42.7 Å². The molecule has 3 nitrogen and oxygen atoms in total. The highest BCUT2D eigenvalue weighted by Gasteiger charge is 2.18. The molecule has 3 heteroatoms. The van der Waals surface area contributed by atoms with Gasteiger partial charge in [0.15, 0.2) is 0 Å². The molecule has 1 aromatic carbocycles. The predicted molar refractivity (Wildman–Crippen MR) is 83.6 cm³/mol. The van der Waals surface area contributed by atoms with E-state index in [-0.39, 0.29) is 0 Å². The van der Waals surface area contributed by atoms with Crippen LogP contribution >= 0.6 is 0 Å². The largest absolute Gasteiger partial charge is 0.347 e. The van der Waals surface area contributed by atoms with Crippen LogP contribution in [0.1, 0.15) is 50.5 Å². The summed E-state index contributed by atoms with van der Waals surface area (Å²) < 4.78 is 0. The van der Waals surface area contributed by atoms with Gasteiger partial charge in [0, 0.05) is 18.9 Å². The van der Waals surface area contributed by atoms with Crippen molar-refractivity contribution in [3.8, 4) is 0 Å². The number of aromatic nitrogens is 2. The Morgan fingerprint density at radius 1 is 1.20 bits per heavy atom. The number of hydrogen-bond donors (Lipinski definition) is 2. The smallest absolute Gasteiger partial charge is 0.123 e. The molecule has 2 aromatic rings. The summed E-state index contributed by atoms with van der Waals surface area (Å²) in [6.45, 7) is 7.73. The summed E-state index contributed by atoms with van der Waals surface area (Å²) in [6.07, 6.45) is 4.74. The van der Waals surface area contributed by atoms with E-state index in [4.69, 9.17) is 0 Å². The topological polar surface area (TPSA) is 40.7 Å². The van der Waals surface area contributed by atoms with Crippen LogP contribution in [-0.4, -0.2) is 16.5 Å². The number of H-pyrrole nitrogens is 1. The van der Waals surface area contributed by atoms with Gasteiger partial charge in [-0.3, -0.25) is 0 Å². The van der Waals surface area contributed by atoms with E-state index in [1.54, 1.807) is 0 Å². The van der Waals surface area contributed by atoms with Crippen LogP contribution in [0.25, 0.3) is 0 Å². The second-order valence-electron chi connectivity index (χ2n) is 5.60. The summed E-state index contributed by atoms with van der Waals surface area (Å²) in [6, 6.07) is 11.1. The maximum Gasteiger partial charge on any atom is 0.123 e. The van der Waals surface area contributed by atoms with Gasteiger partial charge in [0.2, 0.25) is 0 Å². The number of aromatic amines is 1. The Morgan fingerprint density at radius 2 is 1.95 bits per heavy atom. The van der Waals surface area contributed by atoms with Gasteiger partial charge in [0.05, 0.1) is 6.04 Å². The van der Waals surface area contributed by atoms with Crippen LogP contribution in [0.3, 0.4) is 0 Å². The van der Waals surface area contributed by atoms with Crippen molar-refractivity contribution in [3.05, 3.63) is 54.1 Å². The molecule has 0 radical (unpaired) electrons. The quantitative estimate of drug-likeness (QED) is 0.802. The lowest BCUT2D eigenvalue weighted by atomic mass is 9.88. The molecule has 2 atom stereocenters. The Morgan fingerprint density at radius 3 is 2.50 bits per heavy atom. The van der Waals surface area contributed by atoms with E-state index in [2.05, 4.69) is 66.4 Å². The molecule has 0 fully saturated rings. The SMILES string of the molecule is CCC(NCC(c1ccccc1)C(C)C)c1ncc[nH]1. The van der Waals surface area contributed by atoms with Gasteiger partial charge in [0.1, 0.15) is 5.82 Å². The maximum atomic E-state index is 4.36. The monoisotopic (exact) mass is 271 g/mol. The summed E-state index contributed by atoms with van der Waals surface area (Å²) in [7, 11) is 0. The molecule has 0 saturated heterocycles. The molecule has 0 saturated carbocycles. The minimum absolute atomic E-state index is 0.301. The van der Waals surface area contributed by atoms with Gasteiger partial charge in [0.25, 0.3) is 0 Å². The summed E-state index contributed by atoms with van der Waals surface area (Å²) in [5.74, 6) is 2.17. The normalized spacial score (nSPS) is 14.4. The first-order valence-corrected chi connectivity index (χ1v) is 7.50. The molecule has 0 aliphatic rings. The molecule has 20 heavy (non-hydrogen) atoms. The van der Waals surface area contributed by atoms with Gasteiger partial charge < -0.3 is 10.3 Å². The highest BCUT2D eigenvalue weighted by Crippen LogP contribution is 2.24. The van der Waals surface area contributed by atoms with Crippen molar-refractivity contribution in [1.82, 2.24) is 15.3 Å². The first kappa shape index (κ1) is 14.8. The molecule has 0 aliphatic carbocycles. The number of nitrogens with one attached hydrogen (secondary N) is 2. The summed E-state index contributed by atoms with van der Waals surface area (Å²) >= 11 is 0. The van der Waals surface area contributed by atoms with Crippen molar-refractivity contribution in [2.45, 2.75) is 39.2 Å². The molecule has 1 heterocycles. The van der Waals surface area contributed by atoms with E-state index in [0.29, 0.717) is 17.9 Å². The summed E-state index contributed by atoms with van der Waals surface area (Å²) in [4.78, 5) is 7.57. The number of hydrogen-bond acceptors (Lipinski definition) is 2. The molecule has 0 amide bonds. The fourth-order valence-corrected chi connectivity index (χ4v) is 2.61. The Kier molecular flexibility index (Phi) is 5.36. The minimum Gasteiger partial charge on any atom is -0.347 e. The van der Waals surface area contributed by atoms with Gasteiger partial charge in [-0.1, -0.05) is 51.1 Å². The lowest BCUT2D eigenvalue weighted by molar-refractivity contribution is 0.413. The van der Waals surface area contributed by atoms with Crippen LogP contribution in [0, 0.1) is 5.92 Å². The van der Waals surface area contributed by atoms with E-state index >= 15 is 0 Å².